The Bertz CT molecular complexity index is 876. The summed E-state index contributed by atoms with van der Waals surface area (Å²) in [6, 6.07) is 12.7. The molecule has 0 fully saturated rings. The second-order valence-corrected chi connectivity index (χ2v) is 5.81. The lowest BCUT2D eigenvalue weighted by Crippen LogP contribution is -2.16. The molecule has 1 aromatic carbocycles. The van der Waals surface area contributed by atoms with Gasteiger partial charge in [-0.15, -0.1) is 0 Å². The largest absolute Gasteiger partial charge is 0.340 e. The molecule has 0 aliphatic carbocycles. The first-order chi connectivity index (χ1) is 11.1. The van der Waals surface area contributed by atoms with Crippen LogP contribution in [0.4, 0.5) is 10.1 Å². The van der Waals surface area contributed by atoms with Crippen molar-refractivity contribution in [3.05, 3.63) is 70.8 Å². The molecule has 0 unspecified atom stereocenters. The van der Waals surface area contributed by atoms with Crippen LogP contribution in [0, 0.1) is 5.82 Å². The highest BCUT2D eigenvalue weighted by Gasteiger charge is 2.16. The van der Waals surface area contributed by atoms with E-state index in [-0.39, 0.29) is 11.6 Å². The van der Waals surface area contributed by atoms with Gasteiger partial charge in [0.2, 0.25) is 0 Å². The number of nitrogens with one attached hydrogen (secondary N) is 1. The summed E-state index contributed by atoms with van der Waals surface area (Å²) < 4.78 is 16.3. The summed E-state index contributed by atoms with van der Waals surface area (Å²) in [5, 5.41) is 2.56. The molecule has 1 N–H and O–H groups in total. The highest BCUT2D eigenvalue weighted by Crippen LogP contribution is 2.29. The van der Waals surface area contributed by atoms with E-state index in [4.69, 9.17) is 0 Å². The summed E-state index contributed by atoms with van der Waals surface area (Å²) in [5.74, 6) is -0.947. The molecular formula is C17H13BrFN3O. The van der Waals surface area contributed by atoms with Crippen molar-refractivity contribution in [2.45, 2.75) is 0 Å². The van der Waals surface area contributed by atoms with E-state index in [1.807, 2.05) is 30.3 Å². The van der Waals surface area contributed by atoms with Gasteiger partial charge in [0.1, 0.15) is 5.69 Å². The third kappa shape index (κ3) is 3.03. The zero-order chi connectivity index (χ0) is 16.4. The molecule has 2 heterocycles. The molecule has 4 nitrogen and oxygen atoms in total. The first-order valence-electron chi connectivity index (χ1n) is 6.89. The van der Waals surface area contributed by atoms with Gasteiger partial charge in [0.25, 0.3) is 5.91 Å². The van der Waals surface area contributed by atoms with E-state index in [1.165, 1.54) is 12.3 Å². The third-order valence-corrected chi connectivity index (χ3v) is 4.22. The normalized spacial score (nSPS) is 10.6. The lowest BCUT2D eigenvalue weighted by molar-refractivity contribution is 0.101. The fourth-order valence-corrected chi connectivity index (χ4v) is 2.83. The van der Waals surface area contributed by atoms with E-state index >= 15 is 0 Å². The maximum Gasteiger partial charge on any atom is 0.272 e. The van der Waals surface area contributed by atoms with E-state index in [2.05, 4.69) is 26.2 Å². The zero-order valence-electron chi connectivity index (χ0n) is 12.3. The standard InChI is InChI=1S/C17H13BrFN3O/c1-22-15(11-4-2-3-5-12(11)18)6-7-16(22)17(23)21-14-8-9-20-10-13(14)19/h2-10H,1H3,(H,20,21,23). The number of carbonyl (C=O) groups is 1. The van der Waals surface area contributed by atoms with Crippen LogP contribution >= 0.6 is 15.9 Å². The van der Waals surface area contributed by atoms with Crippen LogP contribution in [0.2, 0.25) is 0 Å². The van der Waals surface area contributed by atoms with Crippen molar-refractivity contribution >= 4 is 27.5 Å². The molecule has 0 saturated heterocycles. The van der Waals surface area contributed by atoms with Crippen molar-refractivity contribution in [1.29, 1.82) is 0 Å². The summed E-state index contributed by atoms with van der Waals surface area (Å²) in [6.07, 6.45) is 2.49. The molecule has 0 saturated carbocycles. The average molecular weight is 374 g/mol. The van der Waals surface area contributed by atoms with Crippen molar-refractivity contribution in [3.8, 4) is 11.3 Å². The number of amides is 1. The van der Waals surface area contributed by atoms with Gasteiger partial charge in [-0.2, -0.15) is 0 Å². The molecule has 0 bridgehead atoms. The second-order valence-electron chi connectivity index (χ2n) is 4.95. The monoisotopic (exact) mass is 373 g/mol. The molecule has 3 aromatic rings. The topological polar surface area (TPSA) is 46.9 Å². The van der Waals surface area contributed by atoms with Gasteiger partial charge in [0, 0.05) is 29.0 Å². The number of rotatable bonds is 3. The van der Waals surface area contributed by atoms with E-state index in [0.29, 0.717) is 5.69 Å². The maximum absolute atomic E-state index is 13.6. The molecule has 2 aromatic heterocycles. The van der Waals surface area contributed by atoms with Crippen molar-refractivity contribution in [3.63, 3.8) is 0 Å². The minimum atomic E-state index is -0.568. The first kappa shape index (κ1) is 15.4. The van der Waals surface area contributed by atoms with Gasteiger partial charge in [-0.3, -0.25) is 9.78 Å². The molecular weight excluding hydrogens is 361 g/mol. The second kappa shape index (κ2) is 6.34. The number of hydrogen-bond donors (Lipinski definition) is 1. The lowest BCUT2D eigenvalue weighted by Gasteiger charge is -2.10. The van der Waals surface area contributed by atoms with Gasteiger partial charge in [0.15, 0.2) is 5.82 Å². The number of aromatic nitrogens is 2. The fraction of sp³-hybridized carbons (Fsp3) is 0.0588. The van der Waals surface area contributed by atoms with Gasteiger partial charge < -0.3 is 9.88 Å². The quantitative estimate of drug-likeness (QED) is 0.746. The minimum Gasteiger partial charge on any atom is -0.340 e. The molecule has 0 atom stereocenters. The van der Waals surface area contributed by atoms with Gasteiger partial charge in [0.05, 0.1) is 11.9 Å². The Hall–Kier alpha value is -2.47. The van der Waals surface area contributed by atoms with Crippen LogP contribution < -0.4 is 5.32 Å². The Balaban J connectivity index is 1.92. The average Bonchev–Trinajstić information content (AvgIpc) is 2.92. The molecule has 0 radical (unpaired) electrons. The van der Waals surface area contributed by atoms with Gasteiger partial charge >= 0.3 is 0 Å². The van der Waals surface area contributed by atoms with E-state index in [0.717, 1.165) is 21.9 Å². The Morgan fingerprint density at radius 3 is 2.74 bits per heavy atom. The molecule has 0 aliphatic heterocycles. The van der Waals surface area contributed by atoms with Crippen molar-refractivity contribution < 1.29 is 9.18 Å². The van der Waals surface area contributed by atoms with Crippen LogP contribution in [-0.4, -0.2) is 15.5 Å². The number of carbonyl (C=O) groups excluding carboxylic acids is 1. The number of anilines is 1. The van der Waals surface area contributed by atoms with Crippen LogP contribution in [0.1, 0.15) is 10.5 Å². The van der Waals surface area contributed by atoms with Gasteiger partial charge in [-0.05, 0) is 24.3 Å². The van der Waals surface area contributed by atoms with Crippen LogP contribution in [0.15, 0.2) is 59.3 Å². The SMILES string of the molecule is Cn1c(C(=O)Nc2ccncc2F)ccc1-c1ccccc1Br. The number of halogens is 2. The summed E-state index contributed by atoms with van der Waals surface area (Å²) in [4.78, 5) is 16.0. The molecule has 3 rings (SSSR count). The Kier molecular flexibility index (Phi) is 4.25. The van der Waals surface area contributed by atoms with Crippen LogP contribution in [0.3, 0.4) is 0 Å². The summed E-state index contributed by atoms with van der Waals surface area (Å²) in [6.45, 7) is 0. The van der Waals surface area contributed by atoms with Crippen LogP contribution in [-0.2, 0) is 7.05 Å². The van der Waals surface area contributed by atoms with Crippen molar-refractivity contribution in [1.82, 2.24) is 9.55 Å². The van der Waals surface area contributed by atoms with Crippen LogP contribution in [0.5, 0.6) is 0 Å². The summed E-state index contributed by atoms with van der Waals surface area (Å²) in [5.41, 5.74) is 2.41. The molecule has 0 aliphatic rings. The zero-order valence-corrected chi connectivity index (χ0v) is 13.8. The molecule has 1 amide bonds. The van der Waals surface area contributed by atoms with Gasteiger partial charge in [-0.25, -0.2) is 4.39 Å². The van der Waals surface area contributed by atoms with E-state index < -0.39 is 5.82 Å². The molecule has 6 heteroatoms. The number of pyridine rings is 1. The molecule has 23 heavy (non-hydrogen) atoms. The predicted octanol–water partition coefficient (Wildman–Crippen LogP) is 4.24. The molecule has 116 valence electrons. The Morgan fingerprint density at radius 2 is 2.00 bits per heavy atom. The Morgan fingerprint density at radius 1 is 1.22 bits per heavy atom. The first-order valence-corrected chi connectivity index (χ1v) is 7.68. The highest BCUT2D eigenvalue weighted by atomic mass is 79.9. The van der Waals surface area contributed by atoms with Crippen molar-refractivity contribution in [2.75, 3.05) is 5.32 Å². The smallest absolute Gasteiger partial charge is 0.272 e. The highest BCUT2D eigenvalue weighted by molar-refractivity contribution is 9.10. The third-order valence-electron chi connectivity index (χ3n) is 3.52. The minimum absolute atomic E-state index is 0.105. The van der Waals surface area contributed by atoms with E-state index in [9.17, 15) is 9.18 Å². The maximum atomic E-state index is 13.6. The van der Waals surface area contributed by atoms with Crippen LogP contribution in [0.25, 0.3) is 11.3 Å². The van der Waals surface area contributed by atoms with Crippen molar-refractivity contribution in [2.24, 2.45) is 7.05 Å². The number of hydrogen-bond acceptors (Lipinski definition) is 2. The lowest BCUT2D eigenvalue weighted by atomic mass is 10.1. The summed E-state index contributed by atoms with van der Waals surface area (Å²) in [7, 11) is 1.80. The number of benzene rings is 1. The van der Waals surface area contributed by atoms with Gasteiger partial charge in [-0.1, -0.05) is 34.1 Å². The van der Waals surface area contributed by atoms with E-state index in [1.54, 1.807) is 17.7 Å². The summed E-state index contributed by atoms with van der Waals surface area (Å²) >= 11 is 3.51. The fourth-order valence-electron chi connectivity index (χ4n) is 2.34. The number of nitrogens with zero attached hydrogens (tertiary/aromatic N) is 2. The predicted molar refractivity (Wildman–Crippen MR) is 90.7 cm³/mol. The Labute approximate surface area is 141 Å². The molecule has 0 spiro atoms.